The van der Waals surface area contributed by atoms with Gasteiger partial charge in [-0.2, -0.15) is 5.26 Å². The molecule has 0 atom stereocenters. The van der Waals surface area contributed by atoms with E-state index in [0.29, 0.717) is 17.7 Å². The summed E-state index contributed by atoms with van der Waals surface area (Å²) >= 11 is 1.56. The van der Waals surface area contributed by atoms with Crippen LogP contribution in [0.1, 0.15) is 47.8 Å². The molecule has 0 spiro atoms. The van der Waals surface area contributed by atoms with Gasteiger partial charge in [0.15, 0.2) is 11.5 Å². The monoisotopic (exact) mass is 389 g/mol. The number of hydrogen-bond donors (Lipinski definition) is 0. The summed E-state index contributed by atoms with van der Waals surface area (Å²) in [6.45, 7) is 4.20. The number of fused-ring (bicyclic) bond motifs is 1. The van der Waals surface area contributed by atoms with Crippen molar-refractivity contribution in [3.8, 4) is 17.5 Å². The maximum Gasteiger partial charge on any atom is 0.162 e. The van der Waals surface area contributed by atoms with E-state index in [2.05, 4.69) is 33.0 Å². The van der Waals surface area contributed by atoms with Crippen molar-refractivity contribution in [2.24, 2.45) is 0 Å². The fraction of sp³-hybridized carbons (Fsp3) is 0.300. The van der Waals surface area contributed by atoms with Gasteiger partial charge in [-0.25, -0.2) is 19.5 Å². The molecule has 140 valence electrons. The maximum atomic E-state index is 9.41. The number of aromatic nitrogens is 6. The fourth-order valence-electron chi connectivity index (χ4n) is 3.22. The predicted octanol–water partition coefficient (Wildman–Crippen LogP) is 3.62. The van der Waals surface area contributed by atoms with Crippen LogP contribution in [0.2, 0.25) is 0 Å². The van der Waals surface area contributed by atoms with E-state index in [9.17, 15) is 5.26 Å². The van der Waals surface area contributed by atoms with E-state index in [0.717, 1.165) is 52.6 Å². The van der Waals surface area contributed by atoms with E-state index < -0.39 is 0 Å². The summed E-state index contributed by atoms with van der Waals surface area (Å²) < 4.78 is 1.77. The topological polar surface area (TPSA) is 92.7 Å². The van der Waals surface area contributed by atoms with Crippen LogP contribution in [0, 0.1) is 11.3 Å². The Kier molecular flexibility index (Phi) is 5.08. The first-order chi connectivity index (χ1) is 13.7. The van der Waals surface area contributed by atoms with Gasteiger partial charge in [-0.1, -0.05) is 20.3 Å². The van der Waals surface area contributed by atoms with Crippen LogP contribution in [0.3, 0.4) is 0 Å². The van der Waals surface area contributed by atoms with Gasteiger partial charge in [0.2, 0.25) is 0 Å². The van der Waals surface area contributed by atoms with Gasteiger partial charge in [0, 0.05) is 29.5 Å². The number of hydrogen-bond acceptors (Lipinski definition) is 7. The van der Waals surface area contributed by atoms with Crippen LogP contribution in [-0.2, 0) is 19.3 Å². The molecule has 0 aliphatic rings. The molecule has 0 aliphatic heterocycles. The molecule has 0 saturated carbocycles. The van der Waals surface area contributed by atoms with Gasteiger partial charge in [0.05, 0.1) is 16.8 Å². The first kappa shape index (κ1) is 18.2. The van der Waals surface area contributed by atoms with Crippen molar-refractivity contribution < 1.29 is 0 Å². The van der Waals surface area contributed by atoms with Crippen molar-refractivity contribution in [1.29, 1.82) is 5.26 Å². The van der Waals surface area contributed by atoms with Crippen molar-refractivity contribution in [3.63, 3.8) is 0 Å². The molecule has 4 heterocycles. The van der Waals surface area contributed by atoms with Crippen LogP contribution in [-0.4, -0.2) is 29.5 Å². The highest BCUT2D eigenvalue weighted by molar-refractivity contribution is 7.10. The Morgan fingerprint density at radius 1 is 1.18 bits per heavy atom. The molecule has 8 heteroatoms. The minimum atomic E-state index is 0.525. The van der Waals surface area contributed by atoms with Gasteiger partial charge in [0.1, 0.15) is 23.8 Å². The minimum Gasteiger partial charge on any atom is -0.253 e. The molecular weight excluding hydrogens is 370 g/mol. The molecule has 4 rings (SSSR count). The van der Waals surface area contributed by atoms with Crippen molar-refractivity contribution in [2.75, 3.05) is 0 Å². The van der Waals surface area contributed by atoms with Crippen molar-refractivity contribution in [2.45, 2.75) is 39.5 Å². The molecule has 0 fully saturated rings. The average molecular weight is 389 g/mol. The maximum absolute atomic E-state index is 9.41. The molecule has 7 nitrogen and oxygen atoms in total. The second-order valence-corrected chi connectivity index (χ2v) is 7.32. The Hall–Kier alpha value is -3.18. The zero-order valence-electron chi connectivity index (χ0n) is 15.8. The lowest BCUT2D eigenvalue weighted by molar-refractivity contribution is 0.826. The molecule has 0 amide bonds. The Balaban J connectivity index is 1.79. The Morgan fingerprint density at radius 2 is 2.07 bits per heavy atom. The number of thiazole rings is 1. The van der Waals surface area contributed by atoms with Crippen LogP contribution in [0.15, 0.2) is 30.2 Å². The number of nitriles is 1. The lowest BCUT2D eigenvalue weighted by Gasteiger charge is -2.09. The van der Waals surface area contributed by atoms with Gasteiger partial charge >= 0.3 is 0 Å². The highest BCUT2D eigenvalue weighted by Crippen LogP contribution is 2.29. The molecule has 0 bridgehead atoms. The molecule has 4 aromatic heterocycles. The third-order valence-corrected chi connectivity index (χ3v) is 5.39. The van der Waals surface area contributed by atoms with Crippen LogP contribution < -0.4 is 0 Å². The summed E-state index contributed by atoms with van der Waals surface area (Å²) in [5, 5.41) is 13.9. The van der Waals surface area contributed by atoms with E-state index in [1.165, 1.54) is 0 Å². The van der Waals surface area contributed by atoms with Crippen LogP contribution in [0.5, 0.6) is 0 Å². The van der Waals surface area contributed by atoms with E-state index in [1.54, 1.807) is 46.0 Å². The standard InChI is InChI=1S/C20H19N7S/c1-3-6-14-15(23-11-27-20(14)25-17(4-2)26-27)9-16-19(24-12-28-16)18-13(10-21)7-5-8-22-18/h5,7-8,11-12H,3-4,6,9H2,1-2H3. The fourth-order valence-corrected chi connectivity index (χ4v) is 3.99. The van der Waals surface area contributed by atoms with Gasteiger partial charge in [-0.05, 0) is 18.6 Å². The Bertz CT molecular complexity index is 1170. The zero-order valence-corrected chi connectivity index (χ0v) is 16.6. The molecule has 0 aromatic carbocycles. The number of aryl methyl sites for hydroxylation is 2. The quantitative estimate of drug-likeness (QED) is 0.500. The second kappa shape index (κ2) is 7.82. The van der Waals surface area contributed by atoms with E-state index in [4.69, 9.17) is 4.98 Å². The summed E-state index contributed by atoms with van der Waals surface area (Å²) in [6.07, 6.45) is 6.72. The number of rotatable bonds is 6. The first-order valence-electron chi connectivity index (χ1n) is 9.25. The second-order valence-electron chi connectivity index (χ2n) is 6.38. The van der Waals surface area contributed by atoms with Crippen molar-refractivity contribution in [1.82, 2.24) is 29.5 Å². The highest BCUT2D eigenvalue weighted by Gasteiger charge is 2.18. The number of nitrogens with zero attached hydrogens (tertiary/aromatic N) is 7. The van der Waals surface area contributed by atoms with Crippen LogP contribution in [0.25, 0.3) is 17.0 Å². The summed E-state index contributed by atoms with van der Waals surface area (Å²) in [7, 11) is 0. The molecular formula is C20H19N7S. The Labute approximate surface area is 166 Å². The highest BCUT2D eigenvalue weighted by atomic mass is 32.1. The van der Waals surface area contributed by atoms with Crippen LogP contribution in [0.4, 0.5) is 0 Å². The smallest absolute Gasteiger partial charge is 0.162 e. The molecule has 28 heavy (non-hydrogen) atoms. The van der Waals surface area contributed by atoms with E-state index in [1.807, 2.05) is 6.92 Å². The molecule has 0 radical (unpaired) electrons. The molecule has 4 aromatic rings. The normalized spacial score (nSPS) is 11.0. The third kappa shape index (κ3) is 3.25. The third-order valence-electron chi connectivity index (χ3n) is 4.55. The van der Waals surface area contributed by atoms with Gasteiger partial charge in [0.25, 0.3) is 0 Å². The van der Waals surface area contributed by atoms with Gasteiger partial charge in [-0.15, -0.1) is 16.4 Å². The zero-order chi connectivity index (χ0) is 19.5. The van der Waals surface area contributed by atoms with Gasteiger partial charge in [-0.3, -0.25) is 4.98 Å². The lowest BCUT2D eigenvalue weighted by atomic mass is 10.0. The summed E-state index contributed by atoms with van der Waals surface area (Å²) in [5.74, 6) is 0.821. The summed E-state index contributed by atoms with van der Waals surface area (Å²) in [5.41, 5.74) is 6.67. The average Bonchev–Trinajstić information content (AvgIpc) is 3.36. The Morgan fingerprint density at radius 3 is 2.86 bits per heavy atom. The molecule has 0 unspecified atom stereocenters. The molecule has 0 N–H and O–H groups in total. The number of pyridine rings is 1. The summed E-state index contributed by atoms with van der Waals surface area (Å²) in [4.78, 5) is 19.3. The first-order valence-corrected chi connectivity index (χ1v) is 10.1. The van der Waals surface area contributed by atoms with Crippen LogP contribution >= 0.6 is 11.3 Å². The van der Waals surface area contributed by atoms with E-state index in [-0.39, 0.29) is 0 Å². The van der Waals surface area contributed by atoms with Crippen molar-refractivity contribution in [3.05, 3.63) is 57.7 Å². The largest absolute Gasteiger partial charge is 0.253 e. The van der Waals surface area contributed by atoms with Gasteiger partial charge < -0.3 is 0 Å². The molecule has 0 aliphatic carbocycles. The minimum absolute atomic E-state index is 0.525. The lowest BCUT2D eigenvalue weighted by Crippen LogP contribution is -2.05. The predicted molar refractivity (Wildman–Crippen MR) is 107 cm³/mol. The summed E-state index contributed by atoms with van der Waals surface area (Å²) in [6, 6.07) is 5.73. The van der Waals surface area contributed by atoms with E-state index >= 15 is 0 Å². The SMILES string of the molecule is CCCc1c(Cc2scnc2-c2ncccc2C#N)ncn2nc(CC)nc12. The molecule has 0 saturated heterocycles. The van der Waals surface area contributed by atoms with Crippen molar-refractivity contribution >= 4 is 17.0 Å².